The summed E-state index contributed by atoms with van der Waals surface area (Å²) < 4.78 is 13.6. The normalized spacial score (nSPS) is 14.7. The minimum Gasteiger partial charge on any atom is -0.300 e. The van der Waals surface area contributed by atoms with Crippen molar-refractivity contribution in [1.82, 2.24) is 0 Å². The first-order chi connectivity index (χ1) is 11.1. The molecule has 23 heavy (non-hydrogen) atoms. The number of hydrogen-bond acceptors (Lipinski definition) is 2. The first-order valence-corrected chi connectivity index (χ1v) is 8.65. The topological polar surface area (TPSA) is 17.1 Å². The van der Waals surface area contributed by atoms with Gasteiger partial charge in [-0.3, -0.25) is 4.79 Å². The lowest BCUT2D eigenvalue weighted by atomic mass is 10.0. The second-order valence-electron chi connectivity index (χ2n) is 5.61. The average Bonchev–Trinajstić information content (AvgIpc) is 2.84. The predicted molar refractivity (Wildman–Crippen MR) is 95.8 cm³/mol. The summed E-state index contributed by atoms with van der Waals surface area (Å²) in [5.41, 5.74) is 4.81. The van der Waals surface area contributed by atoms with Gasteiger partial charge in [0.05, 0.1) is 0 Å². The van der Waals surface area contributed by atoms with Crippen molar-refractivity contribution < 1.29 is 9.18 Å². The van der Waals surface area contributed by atoms with Gasteiger partial charge in [-0.2, -0.15) is 0 Å². The largest absolute Gasteiger partial charge is 0.300 e. The molecular formula is C20H17FOS. The fraction of sp³-hybridized carbons (Fsp3) is 0.150. The fourth-order valence-corrected chi connectivity index (χ4v) is 3.20. The molecule has 0 saturated heterocycles. The second-order valence-corrected chi connectivity index (χ2v) is 6.49. The van der Waals surface area contributed by atoms with E-state index >= 15 is 0 Å². The van der Waals surface area contributed by atoms with Crippen LogP contribution >= 0.6 is 11.8 Å². The van der Waals surface area contributed by atoms with E-state index in [0.717, 1.165) is 27.8 Å². The average molecular weight is 324 g/mol. The van der Waals surface area contributed by atoms with Crippen molar-refractivity contribution >= 4 is 34.8 Å². The van der Waals surface area contributed by atoms with Gasteiger partial charge in [0.2, 0.25) is 0 Å². The van der Waals surface area contributed by atoms with E-state index < -0.39 is 0 Å². The Kier molecular flexibility index (Phi) is 4.49. The van der Waals surface area contributed by atoms with E-state index in [2.05, 4.69) is 30.3 Å². The number of carbonyl (C=O) groups is 1. The first-order valence-electron chi connectivity index (χ1n) is 7.43. The molecule has 0 unspecified atom stereocenters. The molecule has 3 heteroatoms. The van der Waals surface area contributed by atoms with Crippen molar-refractivity contribution in [2.45, 2.75) is 18.2 Å². The molecular weight excluding hydrogens is 307 g/mol. The van der Waals surface area contributed by atoms with Crippen LogP contribution in [0.15, 0.2) is 53.4 Å². The van der Waals surface area contributed by atoms with Gasteiger partial charge >= 0.3 is 0 Å². The third kappa shape index (κ3) is 3.45. The smallest absolute Gasteiger partial charge is 0.134 e. The monoisotopic (exact) mass is 324 g/mol. The lowest BCUT2D eigenvalue weighted by Gasteiger charge is -2.04. The Morgan fingerprint density at radius 3 is 2.52 bits per heavy atom. The minimum atomic E-state index is -0.274. The Labute approximate surface area is 139 Å². The van der Waals surface area contributed by atoms with Crippen LogP contribution in [0.1, 0.15) is 30.0 Å². The molecule has 0 saturated carbocycles. The molecule has 0 spiro atoms. The molecule has 0 aromatic heterocycles. The summed E-state index contributed by atoms with van der Waals surface area (Å²) in [6, 6.07) is 13.1. The highest BCUT2D eigenvalue weighted by atomic mass is 32.2. The Morgan fingerprint density at radius 2 is 1.87 bits per heavy atom. The highest BCUT2D eigenvalue weighted by molar-refractivity contribution is 7.98. The minimum absolute atomic E-state index is 0.0806. The number of thioether (sulfide) groups is 1. The van der Waals surface area contributed by atoms with Gasteiger partial charge in [0.25, 0.3) is 0 Å². The van der Waals surface area contributed by atoms with Crippen LogP contribution in [-0.4, -0.2) is 12.0 Å². The molecule has 0 N–H and O–H groups in total. The quantitative estimate of drug-likeness (QED) is 0.694. The summed E-state index contributed by atoms with van der Waals surface area (Å²) in [6.45, 7) is 1.56. The number of allylic oxidation sites excluding steroid dienone is 3. The lowest BCUT2D eigenvalue weighted by molar-refractivity contribution is -0.116. The number of Topliss-reactive ketones (excluding diaryl/α,β-unsaturated/α-hetero) is 1. The van der Waals surface area contributed by atoms with E-state index in [-0.39, 0.29) is 11.6 Å². The van der Waals surface area contributed by atoms with Gasteiger partial charge in [0.15, 0.2) is 0 Å². The first kappa shape index (κ1) is 15.8. The maximum absolute atomic E-state index is 13.6. The Hall–Kier alpha value is -2.13. The van der Waals surface area contributed by atoms with E-state index in [1.807, 2.05) is 12.3 Å². The molecule has 0 heterocycles. The molecule has 2 aromatic rings. The van der Waals surface area contributed by atoms with Crippen molar-refractivity contribution in [3.05, 3.63) is 71.0 Å². The molecule has 0 fully saturated rings. The highest BCUT2D eigenvalue weighted by Crippen LogP contribution is 2.38. The highest BCUT2D eigenvalue weighted by Gasteiger charge is 2.19. The van der Waals surface area contributed by atoms with Gasteiger partial charge in [0, 0.05) is 11.3 Å². The van der Waals surface area contributed by atoms with E-state index in [1.165, 1.54) is 17.0 Å². The zero-order valence-corrected chi connectivity index (χ0v) is 13.9. The van der Waals surface area contributed by atoms with E-state index in [0.29, 0.717) is 6.42 Å². The summed E-state index contributed by atoms with van der Waals surface area (Å²) >= 11 is 1.71. The van der Waals surface area contributed by atoms with Gasteiger partial charge in [-0.25, -0.2) is 4.39 Å². The number of benzene rings is 2. The second kappa shape index (κ2) is 6.55. The Balaban J connectivity index is 2.03. The Morgan fingerprint density at radius 1 is 1.13 bits per heavy atom. The predicted octanol–water partition coefficient (Wildman–Crippen LogP) is 5.46. The standard InChI is InChI=1S/C20H17FOS/c1-13(22)9-15-11-16(19-8-5-17(21)12-20(15)19)10-14-3-6-18(23-2)7-4-14/h3-8,10-12H,9H2,1-2H3/b16-10+. The number of halogens is 1. The Bertz CT molecular complexity index is 816. The van der Waals surface area contributed by atoms with Gasteiger partial charge in [-0.05, 0) is 71.4 Å². The van der Waals surface area contributed by atoms with E-state index in [4.69, 9.17) is 0 Å². The molecule has 1 nitrogen and oxygen atoms in total. The number of fused-ring (bicyclic) bond motifs is 1. The number of hydrogen-bond donors (Lipinski definition) is 0. The van der Waals surface area contributed by atoms with Crippen LogP contribution in [0.4, 0.5) is 4.39 Å². The maximum atomic E-state index is 13.6. The summed E-state index contributed by atoms with van der Waals surface area (Å²) in [4.78, 5) is 12.7. The molecule has 3 rings (SSSR count). The van der Waals surface area contributed by atoms with E-state index in [9.17, 15) is 9.18 Å². The van der Waals surface area contributed by atoms with Crippen LogP contribution in [0.3, 0.4) is 0 Å². The van der Waals surface area contributed by atoms with Crippen LogP contribution in [0.2, 0.25) is 0 Å². The number of carbonyl (C=O) groups excluding carboxylic acids is 1. The van der Waals surface area contributed by atoms with Crippen molar-refractivity contribution in [2.24, 2.45) is 0 Å². The third-order valence-electron chi connectivity index (χ3n) is 3.85. The molecule has 2 aromatic carbocycles. The van der Waals surface area contributed by atoms with Crippen LogP contribution in [0, 0.1) is 5.82 Å². The fourth-order valence-electron chi connectivity index (χ4n) is 2.79. The molecule has 0 radical (unpaired) electrons. The molecule has 116 valence electrons. The summed E-state index contributed by atoms with van der Waals surface area (Å²) in [7, 11) is 0. The summed E-state index contributed by atoms with van der Waals surface area (Å²) in [5.74, 6) is -0.194. The van der Waals surface area contributed by atoms with Gasteiger partial charge in [-0.15, -0.1) is 11.8 Å². The van der Waals surface area contributed by atoms with Crippen LogP contribution in [0.5, 0.6) is 0 Å². The zero-order chi connectivity index (χ0) is 16.4. The van der Waals surface area contributed by atoms with Crippen molar-refractivity contribution in [2.75, 3.05) is 6.26 Å². The van der Waals surface area contributed by atoms with Gasteiger partial charge < -0.3 is 0 Å². The lowest BCUT2D eigenvalue weighted by Crippen LogP contribution is -1.93. The third-order valence-corrected chi connectivity index (χ3v) is 4.59. The maximum Gasteiger partial charge on any atom is 0.134 e. The van der Waals surface area contributed by atoms with Crippen molar-refractivity contribution in [3.8, 4) is 0 Å². The van der Waals surface area contributed by atoms with Crippen LogP contribution in [0.25, 0.3) is 17.2 Å². The summed E-state index contributed by atoms with van der Waals surface area (Å²) in [5, 5.41) is 0. The number of ketones is 1. The molecule has 0 aliphatic heterocycles. The molecule has 1 aliphatic carbocycles. The summed E-state index contributed by atoms with van der Waals surface area (Å²) in [6.07, 6.45) is 6.45. The van der Waals surface area contributed by atoms with Crippen molar-refractivity contribution in [3.63, 3.8) is 0 Å². The molecule has 0 amide bonds. The molecule has 1 aliphatic rings. The van der Waals surface area contributed by atoms with Crippen LogP contribution < -0.4 is 0 Å². The van der Waals surface area contributed by atoms with Gasteiger partial charge in [0.1, 0.15) is 11.6 Å². The molecule has 0 atom stereocenters. The zero-order valence-electron chi connectivity index (χ0n) is 13.1. The van der Waals surface area contributed by atoms with Crippen molar-refractivity contribution in [1.29, 1.82) is 0 Å². The van der Waals surface area contributed by atoms with Gasteiger partial charge in [-0.1, -0.05) is 24.3 Å². The molecule has 0 bridgehead atoms. The SMILES string of the molecule is CSc1ccc(/C=C2\C=C(CC(C)=O)c3cc(F)ccc32)cc1. The van der Waals surface area contributed by atoms with E-state index in [1.54, 1.807) is 24.8 Å². The van der Waals surface area contributed by atoms with Crippen LogP contribution in [-0.2, 0) is 4.79 Å². The number of rotatable bonds is 4.